The van der Waals surface area contributed by atoms with E-state index in [4.69, 9.17) is 14.5 Å². The number of furan rings is 1. The molecule has 0 atom stereocenters. The van der Waals surface area contributed by atoms with Gasteiger partial charge in [-0.1, -0.05) is 13.8 Å². The van der Waals surface area contributed by atoms with Crippen molar-refractivity contribution in [3.05, 3.63) is 52.6 Å². The van der Waals surface area contributed by atoms with Gasteiger partial charge in [0.25, 0.3) is 0 Å². The van der Waals surface area contributed by atoms with Crippen molar-refractivity contribution in [1.82, 2.24) is 14.6 Å². The maximum Gasteiger partial charge on any atom is 0.158 e. The van der Waals surface area contributed by atoms with Crippen LogP contribution in [0, 0.1) is 26.6 Å². The molecule has 1 aromatic carbocycles. The summed E-state index contributed by atoms with van der Waals surface area (Å²) in [6, 6.07) is 6.76. The quantitative estimate of drug-likeness (QED) is 0.438. The molecule has 0 radical (unpaired) electrons. The number of aryl methyl sites for hydroxylation is 3. The van der Waals surface area contributed by atoms with Gasteiger partial charge < -0.3 is 4.42 Å². The van der Waals surface area contributed by atoms with E-state index in [2.05, 4.69) is 19.9 Å². The van der Waals surface area contributed by atoms with Gasteiger partial charge in [-0.25, -0.2) is 13.9 Å². The summed E-state index contributed by atoms with van der Waals surface area (Å²) in [6.07, 6.45) is 2.11. The van der Waals surface area contributed by atoms with Crippen molar-refractivity contribution in [2.24, 2.45) is 0 Å². The first-order valence-electron chi connectivity index (χ1n) is 9.50. The van der Waals surface area contributed by atoms with Crippen LogP contribution in [-0.2, 0) is 0 Å². The molecule has 0 unspecified atom stereocenters. The van der Waals surface area contributed by atoms with E-state index < -0.39 is 0 Å². The van der Waals surface area contributed by atoms with Crippen LogP contribution in [-0.4, -0.2) is 14.6 Å². The monoisotopic (exact) mass is 365 g/mol. The summed E-state index contributed by atoms with van der Waals surface area (Å²) in [5, 5.41) is 5.52. The number of rotatable bonds is 4. The molecule has 0 saturated heterocycles. The van der Waals surface area contributed by atoms with Crippen LogP contribution in [0.15, 0.2) is 28.7 Å². The molecule has 0 amide bonds. The third-order valence-corrected chi connectivity index (χ3v) is 5.45. The van der Waals surface area contributed by atoms with Gasteiger partial charge in [-0.2, -0.15) is 5.10 Å². The third kappa shape index (κ3) is 2.73. The molecular formula is C22H24FN3O. The van der Waals surface area contributed by atoms with Gasteiger partial charge in [-0.15, -0.1) is 0 Å². The van der Waals surface area contributed by atoms with Crippen molar-refractivity contribution in [2.75, 3.05) is 0 Å². The summed E-state index contributed by atoms with van der Waals surface area (Å²) in [4.78, 5) is 4.84. The summed E-state index contributed by atoms with van der Waals surface area (Å²) in [5.74, 6) is 0.877. The molecule has 0 aliphatic heterocycles. The number of nitrogens with zero attached hydrogens (tertiary/aromatic N) is 3. The van der Waals surface area contributed by atoms with E-state index in [1.54, 1.807) is 6.07 Å². The molecular weight excluding hydrogens is 341 g/mol. The zero-order valence-electron chi connectivity index (χ0n) is 16.4. The van der Waals surface area contributed by atoms with Crippen LogP contribution >= 0.6 is 0 Å². The fourth-order valence-electron chi connectivity index (χ4n) is 3.99. The van der Waals surface area contributed by atoms with Crippen molar-refractivity contribution in [2.45, 2.75) is 53.4 Å². The lowest BCUT2D eigenvalue weighted by Crippen LogP contribution is -2.05. The zero-order chi connectivity index (χ0) is 19.3. The van der Waals surface area contributed by atoms with E-state index in [9.17, 15) is 4.39 Å². The molecule has 0 fully saturated rings. The van der Waals surface area contributed by atoms with Crippen molar-refractivity contribution in [1.29, 1.82) is 0 Å². The molecule has 0 aliphatic rings. The van der Waals surface area contributed by atoms with Crippen molar-refractivity contribution >= 4 is 16.6 Å². The topological polar surface area (TPSA) is 43.3 Å². The molecule has 140 valence electrons. The average Bonchev–Trinajstić information content (AvgIpc) is 3.12. The molecule has 3 heterocycles. The Bertz CT molecular complexity index is 1150. The molecule has 0 aliphatic carbocycles. The highest BCUT2D eigenvalue weighted by Gasteiger charge is 2.23. The number of imidazole rings is 1. The molecule has 5 heteroatoms. The number of halogens is 1. The highest BCUT2D eigenvalue weighted by atomic mass is 19.1. The molecule has 4 rings (SSSR count). The predicted octanol–water partition coefficient (Wildman–Crippen LogP) is 6.11. The van der Waals surface area contributed by atoms with Crippen molar-refractivity contribution in [3.63, 3.8) is 0 Å². The van der Waals surface area contributed by atoms with E-state index in [0.717, 1.165) is 46.5 Å². The number of benzene rings is 1. The van der Waals surface area contributed by atoms with Crippen LogP contribution in [0.1, 0.15) is 55.1 Å². The molecule has 0 N–H and O–H groups in total. The van der Waals surface area contributed by atoms with Crippen molar-refractivity contribution < 1.29 is 8.81 Å². The summed E-state index contributed by atoms with van der Waals surface area (Å²) < 4.78 is 21.7. The Balaban J connectivity index is 2.03. The lowest BCUT2D eigenvalue weighted by Gasteiger charge is -2.14. The maximum atomic E-state index is 13.7. The van der Waals surface area contributed by atoms with Crippen LogP contribution in [0.3, 0.4) is 0 Å². The Morgan fingerprint density at radius 3 is 2.56 bits per heavy atom. The first kappa shape index (κ1) is 17.7. The van der Waals surface area contributed by atoms with Crippen LogP contribution < -0.4 is 0 Å². The molecule has 0 spiro atoms. The smallest absolute Gasteiger partial charge is 0.158 e. The average molecular weight is 365 g/mol. The minimum absolute atomic E-state index is 0.266. The van der Waals surface area contributed by atoms with Gasteiger partial charge >= 0.3 is 0 Å². The Kier molecular flexibility index (Phi) is 4.25. The first-order chi connectivity index (χ1) is 12.9. The Hall–Kier alpha value is -2.69. The van der Waals surface area contributed by atoms with Gasteiger partial charge in [0.1, 0.15) is 17.1 Å². The number of fused-ring (bicyclic) bond motifs is 2. The fraction of sp³-hybridized carbons (Fsp3) is 0.364. The van der Waals surface area contributed by atoms with Gasteiger partial charge in [-0.3, -0.25) is 0 Å². The normalized spacial score (nSPS) is 12.0. The molecule has 27 heavy (non-hydrogen) atoms. The maximum absolute atomic E-state index is 13.7. The van der Waals surface area contributed by atoms with Gasteiger partial charge in [0.05, 0.1) is 11.4 Å². The predicted molar refractivity (Wildman–Crippen MR) is 106 cm³/mol. The summed E-state index contributed by atoms with van der Waals surface area (Å²) in [5.41, 5.74) is 6.34. The second kappa shape index (κ2) is 6.48. The van der Waals surface area contributed by atoms with Gasteiger partial charge in [0.15, 0.2) is 11.4 Å². The number of aromatic nitrogens is 3. The van der Waals surface area contributed by atoms with Gasteiger partial charge in [-0.05, 0) is 63.8 Å². The zero-order valence-corrected chi connectivity index (χ0v) is 16.4. The molecule has 4 aromatic rings. The van der Waals surface area contributed by atoms with Gasteiger partial charge in [0, 0.05) is 16.5 Å². The van der Waals surface area contributed by atoms with E-state index in [-0.39, 0.29) is 5.82 Å². The van der Waals surface area contributed by atoms with Crippen molar-refractivity contribution in [3.8, 4) is 11.5 Å². The Morgan fingerprint density at radius 2 is 1.85 bits per heavy atom. The number of hydrogen-bond donors (Lipinski definition) is 0. The first-order valence-corrected chi connectivity index (χ1v) is 9.50. The van der Waals surface area contributed by atoms with E-state index in [1.165, 1.54) is 17.7 Å². The largest absolute Gasteiger partial charge is 0.454 e. The fourth-order valence-corrected chi connectivity index (χ4v) is 3.99. The number of hydrogen-bond acceptors (Lipinski definition) is 3. The SMILES string of the molecule is CCC(CC)c1cc(C)nn2c(-c3oc4ccc(F)cc4c3C)c(C)nc12. The van der Waals surface area contributed by atoms with E-state index in [1.807, 2.05) is 25.3 Å². The van der Waals surface area contributed by atoms with Gasteiger partial charge in [0.2, 0.25) is 0 Å². The van der Waals surface area contributed by atoms with Crippen LogP contribution in [0.4, 0.5) is 4.39 Å². The lowest BCUT2D eigenvalue weighted by molar-refractivity contribution is 0.613. The summed E-state index contributed by atoms with van der Waals surface area (Å²) in [7, 11) is 0. The highest BCUT2D eigenvalue weighted by molar-refractivity contribution is 5.88. The van der Waals surface area contributed by atoms with E-state index in [0.29, 0.717) is 17.3 Å². The second-order valence-electron chi connectivity index (χ2n) is 7.23. The Labute approximate surface area is 158 Å². The summed E-state index contributed by atoms with van der Waals surface area (Å²) >= 11 is 0. The van der Waals surface area contributed by atoms with Crippen LogP contribution in [0.25, 0.3) is 28.1 Å². The molecule has 0 saturated carbocycles. The highest BCUT2D eigenvalue weighted by Crippen LogP contribution is 2.37. The van der Waals surface area contributed by atoms with E-state index >= 15 is 0 Å². The molecule has 3 aromatic heterocycles. The standard InChI is InChI=1S/C22H24FN3O/c1-6-15(7-2)18-10-12(3)25-26-20(14(5)24-22(18)26)21-13(4)17-11-16(23)8-9-19(17)27-21/h8-11,15H,6-7H2,1-5H3. The van der Waals surface area contributed by atoms with Crippen LogP contribution in [0.2, 0.25) is 0 Å². The summed E-state index contributed by atoms with van der Waals surface area (Å²) in [6.45, 7) is 10.3. The molecule has 4 nitrogen and oxygen atoms in total. The Morgan fingerprint density at radius 1 is 1.11 bits per heavy atom. The second-order valence-corrected chi connectivity index (χ2v) is 7.23. The molecule has 0 bridgehead atoms. The lowest BCUT2D eigenvalue weighted by atomic mass is 9.95. The minimum atomic E-state index is -0.266. The minimum Gasteiger partial charge on any atom is -0.454 e. The van der Waals surface area contributed by atoms with Crippen LogP contribution in [0.5, 0.6) is 0 Å². The third-order valence-electron chi connectivity index (χ3n) is 5.45.